The zero-order chi connectivity index (χ0) is 15.4. The van der Waals surface area contributed by atoms with Gasteiger partial charge in [0.1, 0.15) is 6.61 Å². The van der Waals surface area contributed by atoms with Crippen molar-refractivity contribution in [2.75, 3.05) is 19.8 Å². The predicted octanol–water partition coefficient (Wildman–Crippen LogP) is 1.83. The highest BCUT2D eigenvalue weighted by Crippen LogP contribution is 2.07. The zero-order valence-electron chi connectivity index (χ0n) is 12.3. The molecule has 0 aromatic heterocycles. The second-order valence-electron chi connectivity index (χ2n) is 4.11. The van der Waals surface area contributed by atoms with E-state index in [4.69, 9.17) is 10.5 Å². The second kappa shape index (κ2) is 11.5. The molecular formula is C14H25NO4. The van der Waals surface area contributed by atoms with Crippen molar-refractivity contribution in [3.8, 4) is 0 Å². The highest BCUT2D eigenvalue weighted by molar-refractivity contribution is 5.88. The first-order chi connectivity index (χ1) is 8.77. The first-order valence-electron chi connectivity index (χ1n) is 6.16. The summed E-state index contributed by atoms with van der Waals surface area (Å²) in [6.07, 6.45) is 0. The summed E-state index contributed by atoms with van der Waals surface area (Å²) < 4.78 is 9.32. The van der Waals surface area contributed by atoms with Crippen LogP contribution < -0.4 is 5.73 Å². The maximum absolute atomic E-state index is 11.0. The monoisotopic (exact) mass is 271 g/mol. The molecular weight excluding hydrogens is 246 g/mol. The van der Waals surface area contributed by atoms with Gasteiger partial charge in [0.25, 0.3) is 0 Å². The van der Waals surface area contributed by atoms with Crippen molar-refractivity contribution in [2.45, 2.75) is 27.7 Å². The Bertz CT molecular complexity index is 321. The van der Waals surface area contributed by atoms with Crippen LogP contribution in [0, 0.1) is 5.92 Å². The fraction of sp³-hybridized carbons (Fsp3) is 0.571. The molecule has 0 aromatic carbocycles. The van der Waals surface area contributed by atoms with Crippen molar-refractivity contribution in [1.29, 1.82) is 0 Å². The fourth-order valence-electron chi connectivity index (χ4n) is 0.734. The smallest absolute Gasteiger partial charge is 0.333 e. The Balaban J connectivity index is 0. The van der Waals surface area contributed by atoms with Crippen molar-refractivity contribution < 1.29 is 19.1 Å². The van der Waals surface area contributed by atoms with Crippen LogP contribution in [0.4, 0.5) is 0 Å². The first-order valence-corrected chi connectivity index (χ1v) is 6.16. The molecule has 0 amide bonds. The van der Waals surface area contributed by atoms with E-state index in [9.17, 15) is 9.59 Å². The third-order valence-corrected chi connectivity index (χ3v) is 1.93. The number of ether oxygens (including phenoxy) is 2. The van der Waals surface area contributed by atoms with E-state index in [2.05, 4.69) is 17.9 Å². The lowest BCUT2D eigenvalue weighted by molar-refractivity contribution is -0.139. The highest BCUT2D eigenvalue weighted by atomic mass is 16.5. The summed E-state index contributed by atoms with van der Waals surface area (Å²) in [6, 6.07) is 0. The SMILES string of the molecule is C=C(C(=O)OCCN)C(C)C.C=C(C)C(=O)OCC. The number of hydrogen-bond donors (Lipinski definition) is 1. The maximum Gasteiger partial charge on any atom is 0.333 e. The minimum atomic E-state index is -0.342. The molecule has 5 heteroatoms. The third-order valence-electron chi connectivity index (χ3n) is 1.93. The van der Waals surface area contributed by atoms with Crippen LogP contribution >= 0.6 is 0 Å². The summed E-state index contributed by atoms with van der Waals surface area (Å²) in [4.78, 5) is 21.4. The molecule has 0 aliphatic carbocycles. The lowest BCUT2D eigenvalue weighted by Crippen LogP contribution is -2.16. The van der Waals surface area contributed by atoms with Gasteiger partial charge < -0.3 is 15.2 Å². The summed E-state index contributed by atoms with van der Waals surface area (Å²) in [5, 5.41) is 0. The molecule has 0 bridgehead atoms. The minimum Gasteiger partial charge on any atom is -0.463 e. The van der Waals surface area contributed by atoms with Crippen molar-refractivity contribution in [2.24, 2.45) is 11.7 Å². The van der Waals surface area contributed by atoms with Gasteiger partial charge >= 0.3 is 11.9 Å². The van der Waals surface area contributed by atoms with E-state index in [-0.39, 0.29) is 24.5 Å². The topological polar surface area (TPSA) is 78.6 Å². The van der Waals surface area contributed by atoms with Gasteiger partial charge in [-0.15, -0.1) is 0 Å². The van der Waals surface area contributed by atoms with Gasteiger partial charge in [-0.1, -0.05) is 27.0 Å². The van der Waals surface area contributed by atoms with Crippen LogP contribution in [0.15, 0.2) is 24.3 Å². The van der Waals surface area contributed by atoms with Crippen molar-refractivity contribution >= 4 is 11.9 Å². The minimum absolute atomic E-state index is 0.139. The normalized spacial score (nSPS) is 9.16. The van der Waals surface area contributed by atoms with E-state index < -0.39 is 0 Å². The Kier molecular flexibility index (Phi) is 11.9. The van der Waals surface area contributed by atoms with E-state index >= 15 is 0 Å². The molecule has 0 unspecified atom stereocenters. The molecule has 110 valence electrons. The molecule has 0 heterocycles. The van der Waals surface area contributed by atoms with Crippen LogP contribution in [0.25, 0.3) is 0 Å². The summed E-state index contributed by atoms with van der Waals surface area (Å²) in [7, 11) is 0. The molecule has 0 atom stereocenters. The molecule has 0 aliphatic rings. The van der Waals surface area contributed by atoms with Crippen LogP contribution in [0.3, 0.4) is 0 Å². The number of carbonyl (C=O) groups is 2. The van der Waals surface area contributed by atoms with Crippen molar-refractivity contribution in [3.63, 3.8) is 0 Å². The van der Waals surface area contributed by atoms with Crippen LogP contribution in [0.5, 0.6) is 0 Å². The Morgan fingerprint density at radius 2 is 1.68 bits per heavy atom. The Morgan fingerprint density at radius 1 is 1.16 bits per heavy atom. The van der Waals surface area contributed by atoms with Gasteiger partial charge in [0.2, 0.25) is 0 Å². The zero-order valence-corrected chi connectivity index (χ0v) is 12.3. The van der Waals surface area contributed by atoms with Crippen LogP contribution in [0.2, 0.25) is 0 Å². The molecule has 5 nitrogen and oxygen atoms in total. The van der Waals surface area contributed by atoms with Gasteiger partial charge in [-0.05, 0) is 19.8 Å². The number of hydrogen-bond acceptors (Lipinski definition) is 5. The standard InChI is InChI=1S/C8H15NO2.C6H10O2/c1-6(2)7(3)8(10)11-5-4-9;1-4-8-6(7)5(2)3/h6H,3-5,9H2,1-2H3;2,4H2,1,3H3. The van der Waals surface area contributed by atoms with E-state index in [0.717, 1.165) is 0 Å². The van der Waals surface area contributed by atoms with Gasteiger partial charge in [-0.3, -0.25) is 0 Å². The Labute approximate surface area is 115 Å². The summed E-state index contributed by atoms with van der Waals surface area (Å²) in [5.74, 6) is -0.516. The summed E-state index contributed by atoms with van der Waals surface area (Å²) in [6.45, 7) is 15.2. The third kappa shape index (κ3) is 11.2. The molecule has 0 spiro atoms. The number of esters is 2. The number of nitrogens with two attached hydrogens (primary N) is 1. The Hall–Kier alpha value is -1.62. The molecule has 0 aromatic rings. The van der Waals surface area contributed by atoms with Crippen molar-refractivity contribution in [3.05, 3.63) is 24.3 Å². The van der Waals surface area contributed by atoms with Gasteiger partial charge in [0, 0.05) is 17.7 Å². The van der Waals surface area contributed by atoms with Gasteiger partial charge in [-0.25, -0.2) is 9.59 Å². The highest BCUT2D eigenvalue weighted by Gasteiger charge is 2.10. The molecule has 0 saturated carbocycles. The fourth-order valence-corrected chi connectivity index (χ4v) is 0.734. The average molecular weight is 271 g/mol. The van der Waals surface area contributed by atoms with Crippen LogP contribution in [-0.2, 0) is 19.1 Å². The predicted molar refractivity (Wildman–Crippen MR) is 75.4 cm³/mol. The van der Waals surface area contributed by atoms with E-state index in [1.165, 1.54) is 0 Å². The van der Waals surface area contributed by atoms with Gasteiger partial charge in [0.05, 0.1) is 6.61 Å². The molecule has 0 radical (unpaired) electrons. The molecule has 19 heavy (non-hydrogen) atoms. The Morgan fingerprint density at radius 3 is 1.95 bits per heavy atom. The lowest BCUT2D eigenvalue weighted by Gasteiger charge is -2.07. The molecule has 2 N–H and O–H groups in total. The largest absolute Gasteiger partial charge is 0.463 e. The van der Waals surface area contributed by atoms with Gasteiger partial charge in [0.15, 0.2) is 0 Å². The maximum atomic E-state index is 11.0. The molecule has 0 aliphatic heterocycles. The van der Waals surface area contributed by atoms with Crippen molar-refractivity contribution in [1.82, 2.24) is 0 Å². The lowest BCUT2D eigenvalue weighted by atomic mass is 10.1. The first kappa shape index (κ1) is 19.7. The van der Waals surface area contributed by atoms with E-state index in [1.807, 2.05) is 13.8 Å². The van der Waals surface area contributed by atoms with Gasteiger partial charge in [-0.2, -0.15) is 0 Å². The number of rotatable bonds is 6. The molecule has 0 fully saturated rings. The average Bonchev–Trinajstić information content (AvgIpc) is 2.35. The quantitative estimate of drug-likeness (QED) is 0.589. The molecule has 0 saturated heterocycles. The van der Waals surface area contributed by atoms with Crippen LogP contribution in [-0.4, -0.2) is 31.7 Å². The van der Waals surface area contributed by atoms with Crippen LogP contribution in [0.1, 0.15) is 27.7 Å². The molecule has 0 rings (SSSR count). The number of carbonyl (C=O) groups excluding carboxylic acids is 2. The van der Waals surface area contributed by atoms with E-state index in [0.29, 0.717) is 24.3 Å². The summed E-state index contributed by atoms with van der Waals surface area (Å²) in [5.41, 5.74) is 6.10. The second-order valence-corrected chi connectivity index (χ2v) is 4.11. The summed E-state index contributed by atoms with van der Waals surface area (Å²) >= 11 is 0. The van der Waals surface area contributed by atoms with E-state index in [1.54, 1.807) is 13.8 Å².